The van der Waals surface area contributed by atoms with Crippen molar-refractivity contribution in [3.05, 3.63) is 48.6 Å². The summed E-state index contributed by atoms with van der Waals surface area (Å²) in [6, 6.07) is 9.03. The number of carboxylic acid groups (broad SMARTS) is 1. The van der Waals surface area contributed by atoms with Crippen LogP contribution >= 0.6 is 0 Å². The molecular formula is C14H18O4. The summed E-state index contributed by atoms with van der Waals surface area (Å²) < 4.78 is 0. The normalized spacial score (nSPS) is 9.94. The van der Waals surface area contributed by atoms with E-state index in [-0.39, 0.29) is 12.4 Å². The van der Waals surface area contributed by atoms with Crippen LogP contribution in [0, 0.1) is 5.41 Å². The molecule has 1 rings (SSSR count). The van der Waals surface area contributed by atoms with Crippen molar-refractivity contribution >= 4 is 11.8 Å². The zero-order valence-corrected chi connectivity index (χ0v) is 10.6. The summed E-state index contributed by atoms with van der Waals surface area (Å²) in [5.74, 6) is -0.999. The number of hydrogen-bond donors (Lipinski definition) is 2. The van der Waals surface area contributed by atoms with Crippen LogP contribution in [0.1, 0.15) is 24.2 Å². The lowest BCUT2D eigenvalue weighted by molar-refractivity contribution is -0.131. The van der Waals surface area contributed by atoms with Crippen molar-refractivity contribution in [2.24, 2.45) is 5.41 Å². The highest BCUT2D eigenvalue weighted by Gasteiger charge is 2.27. The number of aliphatic hydroxyl groups is 1. The minimum absolute atomic E-state index is 0.0180. The number of carbonyl (C=O) groups excluding carboxylic acids is 1. The summed E-state index contributed by atoms with van der Waals surface area (Å²) >= 11 is 0. The molecule has 0 amide bonds. The fourth-order valence-electron chi connectivity index (χ4n) is 1.05. The molecule has 0 aliphatic rings. The van der Waals surface area contributed by atoms with E-state index in [1.807, 2.05) is 18.2 Å². The molecule has 98 valence electrons. The van der Waals surface area contributed by atoms with Crippen molar-refractivity contribution < 1.29 is 19.8 Å². The van der Waals surface area contributed by atoms with E-state index in [0.29, 0.717) is 5.56 Å². The topological polar surface area (TPSA) is 74.6 Å². The monoisotopic (exact) mass is 250 g/mol. The van der Waals surface area contributed by atoms with Gasteiger partial charge in [-0.2, -0.15) is 0 Å². The van der Waals surface area contributed by atoms with Crippen LogP contribution in [0.4, 0.5) is 0 Å². The highest BCUT2D eigenvalue weighted by Crippen LogP contribution is 2.20. The van der Waals surface area contributed by atoms with E-state index < -0.39 is 11.4 Å². The van der Waals surface area contributed by atoms with Crippen LogP contribution < -0.4 is 0 Å². The first-order chi connectivity index (χ1) is 8.35. The third-order valence-electron chi connectivity index (χ3n) is 2.22. The van der Waals surface area contributed by atoms with Gasteiger partial charge in [-0.1, -0.05) is 50.8 Å². The molecule has 0 radical (unpaired) electrons. The predicted octanol–water partition coefficient (Wildman–Crippen LogP) is 2.14. The third-order valence-corrected chi connectivity index (χ3v) is 2.22. The molecule has 0 saturated carbocycles. The van der Waals surface area contributed by atoms with Crippen LogP contribution in [0.5, 0.6) is 0 Å². The van der Waals surface area contributed by atoms with E-state index in [9.17, 15) is 9.59 Å². The fraction of sp³-hybridized carbons (Fsp3) is 0.286. The number of rotatable bonds is 4. The van der Waals surface area contributed by atoms with Crippen LogP contribution in [-0.4, -0.2) is 28.6 Å². The van der Waals surface area contributed by atoms with Crippen molar-refractivity contribution in [1.82, 2.24) is 0 Å². The van der Waals surface area contributed by atoms with Crippen LogP contribution in [0.3, 0.4) is 0 Å². The number of hydrogen-bond acceptors (Lipinski definition) is 3. The first-order valence-corrected chi connectivity index (χ1v) is 5.41. The first-order valence-electron chi connectivity index (χ1n) is 5.41. The Hall–Kier alpha value is -1.94. The van der Waals surface area contributed by atoms with E-state index in [1.54, 1.807) is 26.0 Å². The number of carbonyl (C=O) groups is 2. The van der Waals surface area contributed by atoms with Gasteiger partial charge in [0.15, 0.2) is 5.78 Å². The molecule has 0 heterocycles. The van der Waals surface area contributed by atoms with Gasteiger partial charge in [-0.05, 0) is 0 Å². The molecule has 2 N–H and O–H groups in total. The Kier molecular flexibility index (Phi) is 6.60. The summed E-state index contributed by atoms with van der Waals surface area (Å²) in [7, 11) is 0. The molecule has 18 heavy (non-hydrogen) atoms. The Morgan fingerprint density at radius 2 is 1.72 bits per heavy atom. The van der Waals surface area contributed by atoms with E-state index in [0.717, 1.165) is 6.08 Å². The summed E-state index contributed by atoms with van der Waals surface area (Å²) in [6.07, 6.45) is 0.833. The van der Waals surface area contributed by atoms with Gasteiger partial charge in [0.25, 0.3) is 0 Å². The Morgan fingerprint density at radius 1 is 1.28 bits per heavy atom. The summed E-state index contributed by atoms with van der Waals surface area (Å²) in [5, 5.41) is 16.6. The van der Waals surface area contributed by atoms with Gasteiger partial charge in [0, 0.05) is 11.6 Å². The molecule has 0 atom stereocenters. The number of carboxylic acids is 1. The van der Waals surface area contributed by atoms with Gasteiger partial charge in [-0.15, -0.1) is 0 Å². The minimum atomic E-state index is -0.981. The summed E-state index contributed by atoms with van der Waals surface area (Å²) in [5.41, 5.74) is -0.0250. The maximum atomic E-state index is 11.7. The second-order valence-electron chi connectivity index (χ2n) is 4.28. The Morgan fingerprint density at radius 3 is 2.06 bits per heavy atom. The fourth-order valence-corrected chi connectivity index (χ4v) is 1.05. The summed E-state index contributed by atoms with van der Waals surface area (Å²) in [6.45, 7) is 6.31. The average molecular weight is 250 g/mol. The predicted molar refractivity (Wildman–Crippen MR) is 69.5 cm³/mol. The SMILES string of the molecule is C=CC(=O)O.CC(C)(CO)C(=O)c1ccccc1. The highest BCUT2D eigenvalue weighted by molar-refractivity contribution is 6.00. The number of ketones is 1. The molecule has 0 unspecified atom stereocenters. The van der Waals surface area contributed by atoms with Gasteiger partial charge in [-0.25, -0.2) is 4.79 Å². The molecule has 0 fully saturated rings. The number of Topliss-reactive ketones (excluding diaryl/α,β-unsaturated/α-hetero) is 1. The average Bonchev–Trinajstić information content (AvgIpc) is 2.39. The number of benzene rings is 1. The van der Waals surface area contributed by atoms with Gasteiger partial charge in [0.05, 0.1) is 12.0 Å². The van der Waals surface area contributed by atoms with Crippen molar-refractivity contribution in [2.45, 2.75) is 13.8 Å². The number of aliphatic carboxylic acids is 1. The van der Waals surface area contributed by atoms with Crippen LogP contribution in [0.2, 0.25) is 0 Å². The molecule has 0 bridgehead atoms. The van der Waals surface area contributed by atoms with E-state index in [4.69, 9.17) is 10.2 Å². The molecule has 4 heteroatoms. The lowest BCUT2D eigenvalue weighted by Crippen LogP contribution is -2.28. The summed E-state index contributed by atoms with van der Waals surface area (Å²) in [4.78, 5) is 21.0. The second kappa shape index (κ2) is 7.40. The van der Waals surface area contributed by atoms with Crippen LogP contribution in [-0.2, 0) is 4.79 Å². The Bertz CT molecular complexity index is 407. The van der Waals surface area contributed by atoms with Gasteiger partial charge in [-0.3, -0.25) is 4.79 Å². The van der Waals surface area contributed by atoms with E-state index >= 15 is 0 Å². The molecule has 0 saturated heterocycles. The quantitative estimate of drug-likeness (QED) is 0.634. The van der Waals surface area contributed by atoms with Crippen molar-refractivity contribution in [2.75, 3.05) is 6.61 Å². The van der Waals surface area contributed by atoms with E-state index in [2.05, 4.69) is 6.58 Å². The largest absolute Gasteiger partial charge is 0.478 e. The van der Waals surface area contributed by atoms with Crippen LogP contribution in [0.25, 0.3) is 0 Å². The molecule has 0 aliphatic carbocycles. The van der Waals surface area contributed by atoms with Crippen molar-refractivity contribution in [1.29, 1.82) is 0 Å². The molecule has 4 nitrogen and oxygen atoms in total. The van der Waals surface area contributed by atoms with E-state index in [1.165, 1.54) is 0 Å². The zero-order valence-electron chi connectivity index (χ0n) is 10.6. The minimum Gasteiger partial charge on any atom is -0.478 e. The zero-order chi connectivity index (χ0) is 14.2. The third kappa shape index (κ3) is 5.41. The standard InChI is InChI=1S/C11H14O2.C3H4O2/c1-11(2,8-12)10(13)9-6-4-3-5-7-9;1-2-3(4)5/h3-7,12H,8H2,1-2H3;2H,1H2,(H,4,5). The van der Waals surface area contributed by atoms with Gasteiger partial charge >= 0.3 is 5.97 Å². The molecule has 1 aromatic carbocycles. The lowest BCUT2D eigenvalue weighted by atomic mass is 9.85. The number of aliphatic hydroxyl groups excluding tert-OH is 1. The highest BCUT2D eigenvalue weighted by atomic mass is 16.4. The van der Waals surface area contributed by atoms with Crippen molar-refractivity contribution in [3.8, 4) is 0 Å². The van der Waals surface area contributed by atoms with Gasteiger partial charge in [0.1, 0.15) is 0 Å². The van der Waals surface area contributed by atoms with Crippen LogP contribution in [0.15, 0.2) is 43.0 Å². The van der Waals surface area contributed by atoms with Gasteiger partial charge in [0.2, 0.25) is 0 Å². The molecule has 0 aromatic heterocycles. The van der Waals surface area contributed by atoms with Crippen molar-refractivity contribution in [3.63, 3.8) is 0 Å². The lowest BCUT2D eigenvalue weighted by Gasteiger charge is -2.19. The maximum absolute atomic E-state index is 11.7. The molecule has 0 aliphatic heterocycles. The molecule has 1 aromatic rings. The maximum Gasteiger partial charge on any atom is 0.327 e. The first kappa shape index (κ1) is 16.1. The smallest absolute Gasteiger partial charge is 0.327 e. The second-order valence-corrected chi connectivity index (χ2v) is 4.28. The molecule has 0 spiro atoms. The molecular weight excluding hydrogens is 232 g/mol. The van der Waals surface area contributed by atoms with Gasteiger partial charge < -0.3 is 10.2 Å². The Balaban J connectivity index is 0.000000494. The Labute approximate surface area is 107 Å².